The third-order valence-electron chi connectivity index (χ3n) is 0.224. The molecule has 1 radical (unpaired) electrons. The van der Waals surface area contributed by atoms with Crippen molar-refractivity contribution < 1.29 is 47.0 Å². The van der Waals surface area contributed by atoms with Crippen LogP contribution in [0.1, 0.15) is 13.3 Å². The van der Waals surface area contributed by atoms with Gasteiger partial charge in [-0.2, -0.15) is 0 Å². The second kappa shape index (κ2) is 27.7. The number of hydrogen-bond donors (Lipinski definition) is 1. The second-order valence-corrected chi connectivity index (χ2v) is 0.724. The number of hydrogen-bond acceptors (Lipinski definition) is 1. The molecule has 0 saturated carbocycles. The van der Waals surface area contributed by atoms with Crippen LogP contribution in [0, 0.1) is 0 Å². The Labute approximate surface area is 67.2 Å². The van der Waals surface area contributed by atoms with Crippen LogP contribution < -0.4 is 24.8 Å². The van der Waals surface area contributed by atoms with E-state index in [9.17, 15) is 0 Å². The Bertz CT molecular complexity index is 14.9. The molecule has 0 rings (SSSR count). The van der Waals surface area contributed by atoms with Crippen molar-refractivity contribution in [1.29, 1.82) is 0 Å². The Kier molecular flexibility index (Phi) is 96.4. The van der Waals surface area contributed by atoms with E-state index in [1.54, 1.807) is 0 Å². The first kappa shape index (κ1) is 24.4. The van der Waals surface area contributed by atoms with Gasteiger partial charge in [0, 0.05) is 6.61 Å². The van der Waals surface area contributed by atoms with Crippen molar-refractivity contribution in [1.82, 2.24) is 0 Å². The smallest absolute Gasteiger partial charge is 1.00 e. The number of rotatable bonds is 1. The molecule has 0 aliphatic rings. The Hall–Kier alpha value is 1.06. The van der Waals surface area contributed by atoms with Crippen LogP contribution in [0.5, 0.6) is 0 Å². The first-order valence-corrected chi connectivity index (χ1v) is 1.52. The SMILES string of the molecule is CCCO.[Cl-].[Cl-].[Cu+2]. The average molecular weight is 195 g/mol. The van der Waals surface area contributed by atoms with Gasteiger partial charge in [0.15, 0.2) is 0 Å². The molecule has 0 amide bonds. The van der Waals surface area contributed by atoms with Crippen molar-refractivity contribution in [3.63, 3.8) is 0 Å². The topological polar surface area (TPSA) is 20.2 Å². The zero-order valence-electron chi connectivity index (χ0n) is 3.92. The van der Waals surface area contributed by atoms with E-state index in [1.807, 2.05) is 6.92 Å². The molecule has 7 heavy (non-hydrogen) atoms. The van der Waals surface area contributed by atoms with Crippen LogP contribution in [-0.4, -0.2) is 11.7 Å². The summed E-state index contributed by atoms with van der Waals surface area (Å²) in [5, 5.41) is 7.88. The molecule has 0 aromatic rings. The minimum absolute atomic E-state index is 0. The zero-order chi connectivity index (χ0) is 3.41. The molecule has 0 spiro atoms. The number of aliphatic hydroxyl groups excluding tert-OH is 1. The summed E-state index contributed by atoms with van der Waals surface area (Å²) in [6.45, 7) is 2.25. The largest absolute Gasteiger partial charge is 2.00 e. The molecule has 51 valence electrons. The minimum atomic E-state index is 0. The predicted molar refractivity (Wildman–Crippen MR) is 17.4 cm³/mol. The van der Waals surface area contributed by atoms with Gasteiger partial charge in [-0.25, -0.2) is 0 Å². The molecule has 0 fully saturated rings. The normalized spacial score (nSPS) is 4.29. The molecule has 0 aliphatic carbocycles. The van der Waals surface area contributed by atoms with Gasteiger partial charge in [0.05, 0.1) is 0 Å². The van der Waals surface area contributed by atoms with Crippen LogP contribution in [0.2, 0.25) is 0 Å². The third kappa shape index (κ3) is 42.6. The minimum Gasteiger partial charge on any atom is -1.00 e. The van der Waals surface area contributed by atoms with E-state index in [1.165, 1.54) is 0 Å². The van der Waals surface area contributed by atoms with E-state index >= 15 is 0 Å². The summed E-state index contributed by atoms with van der Waals surface area (Å²) in [6, 6.07) is 0. The van der Waals surface area contributed by atoms with Crippen LogP contribution in [0.4, 0.5) is 0 Å². The number of aliphatic hydroxyl groups is 1. The predicted octanol–water partition coefficient (Wildman–Crippen LogP) is -5.61. The molecule has 0 aliphatic heterocycles. The molecule has 0 saturated heterocycles. The molecule has 0 bridgehead atoms. The first-order valence-electron chi connectivity index (χ1n) is 1.52. The average Bonchev–Trinajstić information content (AvgIpc) is 1.37. The quantitative estimate of drug-likeness (QED) is 0.413. The summed E-state index contributed by atoms with van der Waals surface area (Å²) in [6.07, 6.45) is 0.875. The van der Waals surface area contributed by atoms with Crippen molar-refractivity contribution in [2.24, 2.45) is 0 Å². The molecule has 0 heterocycles. The third-order valence-corrected chi connectivity index (χ3v) is 0.224. The molecule has 4 heteroatoms. The van der Waals surface area contributed by atoms with E-state index in [2.05, 4.69) is 0 Å². The Morgan fingerprint density at radius 1 is 1.29 bits per heavy atom. The molecule has 0 unspecified atom stereocenters. The number of halogens is 2. The van der Waals surface area contributed by atoms with Crippen molar-refractivity contribution in [3.8, 4) is 0 Å². The maximum absolute atomic E-state index is 7.88. The van der Waals surface area contributed by atoms with Crippen LogP contribution in [0.3, 0.4) is 0 Å². The Balaban J connectivity index is -0.0000000150. The summed E-state index contributed by atoms with van der Waals surface area (Å²) in [4.78, 5) is 0. The maximum Gasteiger partial charge on any atom is 2.00 e. The van der Waals surface area contributed by atoms with Crippen molar-refractivity contribution in [2.45, 2.75) is 13.3 Å². The van der Waals surface area contributed by atoms with Crippen molar-refractivity contribution in [2.75, 3.05) is 6.61 Å². The van der Waals surface area contributed by atoms with Crippen LogP contribution in [0.15, 0.2) is 0 Å². The molecule has 0 aromatic heterocycles. The second-order valence-electron chi connectivity index (χ2n) is 0.724. The standard InChI is InChI=1S/C3H8O.2ClH.Cu/c1-2-3-4;;;/h4H,2-3H2,1H3;2*1H;/q;;;+2/p-2. The summed E-state index contributed by atoms with van der Waals surface area (Å²) in [5.41, 5.74) is 0. The monoisotopic (exact) mass is 193 g/mol. The van der Waals surface area contributed by atoms with Gasteiger partial charge in [0.25, 0.3) is 0 Å². The maximum atomic E-state index is 7.88. The van der Waals surface area contributed by atoms with Crippen LogP contribution in [-0.2, 0) is 17.1 Å². The van der Waals surface area contributed by atoms with Gasteiger partial charge in [-0.3, -0.25) is 0 Å². The molecular formula is C3H8Cl2CuO. The first-order chi connectivity index (χ1) is 1.91. The Morgan fingerprint density at radius 3 is 1.43 bits per heavy atom. The van der Waals surface area contributed by atoms with Gasteiger partial charge in [0.1, 0.15) is 0 Å². The van der Waals surface area contributed by atoms with Gasteiger partial charge >= 0.3 is 17.1 Å². The zero-order valence-corrected chi connectivity index (χ0v) is 6.37. The van der Waals surface area contributed by atoms with Crippen molar-refractivity contribution in [3.05, 3.63) is 0 Å². The summed E-state index contributed by atoms with van der Waals surface area (Å²) < 4.78 is 0. The van der Waals surface area contributed by atoms with Crippen LogP contribution >= 0.6 is 0 Å². The van der Waals surface area contributed by atoms with Gasteiger partial charge in [0.2, 0.25) is 0 Å². The van der Waals surface area contributed by atoms with Gasteiger partial charge in [-0.05, 0) is 6.42 Å². The fourth-order valence-electron chi connectivity index (χ4n) is 0. The van der Waals surface area contributed by atoms with E-state index < -0.39 is 0 Å². The Morgan fingerprint density at radius 2 is 1.43 bits per heavy atom. The molecule has 1 N–H and O–H groups in total. The van der Waals surface area contributed by atoms with Crippen molar-refractivity contribution >= 4 is 0 Å². The van der Waals surface area contributed by atoms with E-state index in [0.717, 1.165) is 6.42 Å². The summed E-state index contributed by atoms with van der Waals surface area (Å²) >= 11 is 0. The van der Waals surface area contributed by atoms with E-state index in [0.29, 0.717) is 6.61 Å². The molecular weight excluding hydrogens is 186 g/mol. The summed E-state index contributed by atoms with van der Waals surface area (Å²) in [5.74, 6) is 0. The fraction of sp³-hybridized carbons (Fsp3) is 1.00. The molecule has 0 aromatic carbocycles. The van der Waals surface area contributed by atoms with Crippen LogP contribution in [0.25, 0.3) is 0 Å². The van der Waals surface area contributed by atoms with E-state index in [4.69, 9.17) is 5.11 Å². The molecule has 1 nitrogen and oxygen atoms in total. The van der Waals surface area contributed by atoms with Gasteiger partial charge in [-0.15, -0.1) is 0 Å². The van der Waals surface area contributed by atoms with Gasteiger partial charge in [-0.1, -0.05) is 6.92 Å². The van der Waals surface area contributed by atoms with Gasteiger partial charge < -0.3 is 29.9 Å². The van der Waals surface area contributed by atoms with E-state index in [-0.39, 0.29) is 41.9 Å². The molecule has 0 atom stereocenters. The summed E-state index contributed by atoms with van der Waals surface area (Å²) in [7, 11) is 0. The fourth-order valence-corrected chi connectivity index (χ4v) is 0.